The Morgan fingerprint density at radius 3 is 2.39 bits per heavy atom. The molecule has 33 heavy (non-hydrogen) atoms. The lowest BCUT2D eigenvalue weighted by molar-refractivity contribution is 0.0326. The van der Waals surface area contributed by atoms with Crippen molar-refractivity contribution >= 4 is 0 Å². The molecule has 0 spiro atoms. The highest BCUT2D eigenvalue weighted by Crippen LogP contribution is 2.25. The van der Waals surface area contributed by atoms with Gasteiger partial charge in [-0.05, 0) is 42.3 Å². The Morgan fingerprint density at radius 1 is 1.09 bits per heavy atom. The number of hydrogen-bond acceptors (Lipinski definition) is 6. The van der Waals surface area contributed by atoms with E-state index in [4.69, 9.17) is 14.2 Å². The number of rotatable bonds is 7. The molecule has 1 aliphatic rings. The van der Waals surface area contributed by atoms with Crippen molar-refractivity contribution in [1.82, 2.24) is 9.55 Å². The van der Waals surface area contributed by atoms with E-state index in [0.29, 0.717) is 19.0 Å². The number of nitrogens with zero attached hydrogens (tertiary/aromatic N) is 2. The molecule has 1 fully saturated rings. The number of methoxy groups -OCH3 is 1. The van der Waals surface area contributed by atoms with Crippen molar-refractivity contribution in [1.29, 1.82) is 0 Å². The van der Waals surface area contributed by atoms with Gasteiger partial charge in [-0.1, -0.05) is 36.1 Å². The molecule has 3 aromatic rings. The zero-order valence-corrected chi connectivity index (χ0v) is 18.7. The fourth-order valence-electron chi connectivity index (χ4n) is 3.77. The van der Waals surface area contributed by atoms with Gasteiger partial charge in [-0.2, -0.15) is 0 Å². The zero-order valence-electron chi connectivity index (χ0n) is 18.7. The highest BCUT2D eigenvalue weighted by molar-refractivity contribution is 5.65. The minimum atomic E-state index is -0.736. The van der Waals surface area contributed by atoms with E-state index < -0.39 is 12.1 Å². The van der Waals surface area contributed by atoms with Crippen molar-refractivity contribution < 1.29 is 24.4 Å². The molecule has 7 heteroatoms. The molecule has 0 bridgehead atoms. The third-order valence-corrected chi connectivity index (χ3v) is 5.61. The summed E-state index contributed by atoms with van der Waals surface area (Å²) in [4.78, 5) is 4.14. The van der Waals surface area contributed by atoms with Crippen LogP contribution in [0.15, 0.2) is 60.9 Å². The average Bonchev–Trinajstić information content (AvgIpc) is 3.50. The zero-order chi connectivity index (χ0) is 23.2. The summed E-state index contributed by atoms with van der Waals surface area (Å²) in [5, 5.41) is 19.6. The molecule has 2 aromatic carbocycles. The number of benzene rings is 2. The molecule has 0 radical (unpaired) electrons. The Balaban J connectivity index is 1.43. The summed E-state index contributed by atoms with van der Waals surface area (Å²) in [5.41, 5.74) is 2.97. The van der Waals surface area contributed by atoms with Gasteiger partial charge < -0.3 is 29.0 Å². The molecule has 1 aromatic heterocycles. The van der Waals surface area contributed by atoms with Crippen LogP contribution in [0.1, 0.15) is 30.5 Å². The van der Waals surface area contributed by atoms with E-state index in [9.17, 15) is 10.2 Å². The molecule has 0 amide bonds. The van der Waals surface area contributed by atoms with Crippen molar-refractivity contribution in [3.05, 3.63) is 72.3 Å². The Morgan fingerprint density at radius 2 is 1.76 bits per heavy atom. The average molecular weight is 449 g/mol. The molecule has 1 aliphatic heterocycles. The van der Waals surface area contributed by atoms with Gasteiger partial charge in [-0.15, -0.1) is 0 Å². The lowest BCUT2D eigenvalue weighted by Gasteiger charge is -2.18. The molecular formula is C26H28N2O5. The van der Waals surface area contributed by atoms with E-state index in [-0.39, 0.29) is 18.8 Å². The van der Waals surface area contributed by atoms with Crippen LogP contribution in [0.3, 0.4) is 0 Å². The van der Waals surface area contributed by atoms with Crippen LogP contribution in [0.4, 0.5) is 0 Å². The molecule has 4 atom stereocenters. The van der Waals surface area contributed by atoms with Crippen molar-refractivity contribution in [2.75, 3.05) is 26.9 Å². The molecule has 0 aliphatic carbocycles. The summed E-state index contributed by atoms with van der Waals surface area (Å²) in [6.45, 7) is 2.55. The van der Waals surface area contributed by atoms with Crippen molar-refractivity contribution in [3.63, 3.8) is 0 Å². The van der Waals surface area contributed by atoms with Crippen LogP contribution in [0, 0.1) is 11.8 Å². The Labute approximate surface area is 193 Å². The number of imidazole rings is 1. The molecular weight excluding hydrogens is 420 g/mol. The van der Waals surface area contributed by atoms with E-state index >= 15 is 0 Å². The lowest BCUT2D eigenvalue weighted by atomic mass is 10.0. The van der Waals surface area contributed by atoms with E-state index in [2.05, 4.69) is 16.8 Å². The summed E-state index contributed by atoms with van der Waals surface area (Å²) < 4.78 is 18.5. The molecule has 4 rings (SSSR count). The second-order valence-corrected chi connectivity index (χ2v) is 7.91. The highest BCUT2D eigenvalue weighted by Gasteiger charge is 2.29. The molecule has 1 saturated heterocycles. The fourth-order valence-corrected chi connectivity index (χ4v) is 3.77. The maximum Gasteiger partial charge on any atom is 0.150 e. The van der Waals surface area contributed by atoms with Gasteiger partial charge in [0.2, 0.25) is 0 Å². The van der Waals surface area contributed by atoms with Gasteiger partial charge in [0.1, 0.15) is 29.8 Å². The van der Waals surface area contributed by atoms with Gasteiger partial charge in [0.05, 0.1) is 19.8 Å². The van der Waals surface area contributed by atoms with Gasteiger partial charge >= 0.3 is 0 Å². The summed E-state index contributed by atoms with van der Waals surface area (Å²) in [7, 11) is 1.67. The third kappa shape index (κ3) is 5.44. The van der Waals surface area contributed by atoms with Gasteiger partial charge in [-0.25, -0.2) is 4.98 Å². The first kappa shape index (κ1) is 23.0. The Bertz CT molecular complexity index is 1100. The van der Waals surface area contributed by atoms with Crippen LogP contribution in [0.5, 0.6) is 5.75 Å². The quantitative estimate of drug-likeness (QED) is 0.541. The van der Waals surface area contributed by atoms with Crippen molar-refractivity contribution in [2.45, 2.75) is 31.3 Å². The molecule has 2 N–H and O–H groups in total. The van der Waals surface area contributed by atoms with Crippen LogP contribution in [0.25, 0.3) is 11.1 Å². The van der Waals surface area contributed by atoms with Gasteiger partial charge in [0.25, 0.3) is 0 Å². The maximum absolute atomic E-state index is 9.84. The van der Waals surface area contributed by atoms with Crippen molar-refractivity contribution in [3.8, 4) is 28.7 Å². The normalized spacial score (nSPS) is 19.5. The van der Waals surface area contributed by atoms with E-state index in [1.54, 1.807) is 31.0 Å². The Kier molecular flexibility index (Phi) is 7.43. The largest absolute Gasteiger partial charge is 0.485 e. The first-order chi connectivity index (χ1) is 16.1. The topological polar surface area (TPSA) is 86.0 Å². The monoisotopic (exact) mass is 448 g/mol. The lowest BCUT2D eigenvalue weighted by Crippen LogP contribution is -2.31. The van der Waals surface area contributed by atoms with Crippen LogP contribution in [-0.2, 0) is 9.47 Å². The molecule has 0 saturated carbocycles. The highest BCUT2D eigenvalue weighted by atomic mass is 16.6. The predicted molar refractivity (Wildman–Crippen MR) is 124 cm³/mol. The Hall–Kier alpha value is -3.15. The molecule has 172 valence electrons. The minimum absolute atomic E-state index is 0.0452. The number of aliphatic hydroxyl groups is 2. The van der Waals surface area contributed by atoms with Crippen molar-refractivity contribution in [2.24, 2.45) is 0 Å². The summed E-state index contributed by atoms with van der Waals surface area (Å²) in [6, 6.07) is 15.4. The summed E-state index contributed by atoms with van der Waals surface area (Å²) in [6.07, 6.45) is 2.43. The number of ether oxygens (including phenoxy) is 3. The van der Waals surface area contributed by atoms with E-state index in [1.165, 1.54) is 0 Å². The fraction of sp³-hybridized carbons (Fsp3) is 0.346. The SMILES string of the molecule is CO[C@@H]1COC[C@H]1Oc1ccc(-c2ccc(C#C[C@@H](CO)n3ccnc3[C@H](C)O)cc2)cc1. The van der Waals surface area contributed by atoms with Crippen LogP contribution in [-0.4, -0.2) is 58.9 Å². The van der Waals surface area contributed by atoms with Gasteiger partial charge in [0.15, 0.2) is 6.10 Å². The molecule has 0 unspecified atom stereocenters. The van der Waals surface area contributed by atoms with Crippen LogP contribution in [0.2, 0.25) is 0 Å². The van der Waals surface area contributed by atoms with Crippen LogP contribution >= 0.6 is 0 Å². The summed E-state index contributed by atoms with van der Waals surface area (Å²) in [5.74, 6) is 7.43. The predicted octanol–water partition coefficient (Wildman–Crippen LogP) is 2.98. The van der Waals surface area contributed by atoms with E-state index in [0.717, 1.165) is 22.4 Å². The molecule has 7 nitrogen and oxygen atoms in total. The second-order valence-electron chi connectivity index (χ2n) is 7.91. The maximum atomic E-state index is 9.84. The van der Waals surface area contributed by atoms with Gasteiger partial charge in [-0.3, -0.25) is 0 Å². The van der Waals surface area contributed by atoms with Crippen LogP contribution < -0.4 is 4.74 Å². The third-order valence-electron chi connectivity index (χ3n) is 5.61. The molecule has 2 heterocycles. The minimum Gasteiger partial charge on any atom is -0.485 e. The smallest absolute Gasteiger partial charge is 0.150 e. The first-order valence-corrected chi connectivity index (χ1v) is 10.9. The number of aliphatic hydroxyl groups excluding tert-OH is 2. The standard InChI is InChI=1S/C26H28N2O5/c1-18(30)26-27-13-14-28(26)22(15-29)10-5-19-3-6-20(7-4-19)21-8-11-23(12-9-21)33-25-17-32-16-24(25)31-2/h3-4,6-9,11-14,18,22,24-25,29-30H,15-17H2,1-2H3/t18-,22-,24+,25+/m0/s1. The first-order valence-electron chi connectivity index (χ1n) is 10.9. The van der Waals surface area contributed by atoms with Gasteiger partial charge in [0, 0.05) is 25.1 Å². The number of aromatic nitrogens is 2. The summed E-state index contributed by atoms with van der Waals surface area (Å²) >= 11 is 0. The second kappa shape index (κ2) is 10.6. The van der Waals surface area contributed by atoms with E-state index in [1.807, 2.05) is 48.5 Å². The number of hydrogen-bond donors (Lipinski definition) is 2.